The normalized spacial score (nSPS) is 10.7. The number of rotatable bonds is 0. The number of nitrogens with zero attached hydrogens (tertiary/aromatic N) is 1. The van der Waals surface area contributed by atoms with E-state index in [1.165, 1.54) is 6.07 Å². The molecule has 1 aromatic carbocycles. The van der Waals surface area contributed by atoms with Crippen LogP contribution in [-0.2, 0) is 0 Å². The van der Waals surface area contributed by atoms with Crippen molar-refractivity contribution in [1.82, 2.24) is 4.98 Å². The van der Waals surface area contributed by atoms with Crippen LogP contribution in [0.2, 0.25) is 0 Å². The van der Waals surface area contributed by atoms with Gasteiger partial charge in [0, 0.05) is 6.92 Å². The number of aromatic nitrogens is 1. The Kier molecular flexibility index (Phi) is 1.18. The van der Waals surface area contributed by atoms with Gasteiger partial charge in [-0.05, 0) is 12.1 Å². The molecule has 0 aliphatic rings. The van der Waals surface area contributed by atoms with Gasteiger partial charge in [0.1, 0.15) is 5.52 Å². The van der Waals surface area contributed by atoms with Crippen molar-refractivity contribution in [3.05, 3.63) is 36.8 Å². The van der Waals surface area contributed by atoms with Gasteiger partial charge in [0.25, 0.3) is 0 Å². The van der Waals surface area contributed by atoms with Crippen molar-refractivity contribution in [2.75, 3.05) is 0 Å². The molecular weight excluding hydrogens is 145 g/mol. The minimum atomic E-state index is -0.398. The average Bonchev–Trinajstić information content (AvgIpc) is 2.31. The lowest BCUT2D eigenvalue weighted by atomic mass is 10.3. The van der Waals surface area contributed by atoms with Crippen LogP contribution >= 0.6 is 0 Å². The Bertz CT molecular complexity index is 394. The predicted octanol–water partition coefficient (Wildman–Crippen LogP) is 2.15. The molecule has 0 fully saturated rings. The van der Waals surface area contributed by atoms with Crippen molar-refractivity contribution >= 4 is 11.1 Å². The molecule has 2 rings (SSSR count). The second kappa shape index (κ2) is 2.05. The van der Waals surface area contributed by atoms with Crippen molar-refractivity contribution in [2.45, 2.75) is 0 Å². The van der Waals surface area contributed by atoms with E-state index in [9.17, 15) is 4.39 Å². The first kappa shape index (κ1) is 6.34. The Morgan fingerprint density at radius 1 is 1.45 bits per heavy atom. The summed E-state index contributed by atoms with van der Waals surface area (Å²) in [5.74, 6) is -0.157. The maximum absolute atomic E-state index is 12.8. The first-order chi connectivity index (χ1) is 5.27. The third-order valence-electron chi connectivity index (χ3n) is 1.41. The molecule has 0 aliphatic carbocycles. The number of halogens is 1. The van der Waals surface area contributed by atoms with E-state index in [0.717, 1.165) is 0 Å². The molecule has 3 heteroatoms. The Morgan fingerprint density at radius 3 is 3.00 bits per heavy atom. The van der Waals surface area contributed by atoms with E-state index in [2.05, 4.69) is 11.9 Å². The molecule has 1 radical (unpaired) electrons. The molecule has 11 heavy (non-hydrogen) atoms. The zero-order valence-corrected chi connectivity index (χ0v) is 5.67. The van der Waals surface area contributed by atoms with Gasteiger partial charge in [0.05, 0.1) is 0 Å². The maximum Gasteiger partial charge on any atom is 0.196 e. The largest absolute Gasteiger partial charge is 0.438 e. The maximum atomic E-state index is 12.8. The molecule has 0 N–H and O–H groups in total. The van der Waals surface area contributed by atoms with Crippen LogP contribution in [0.1, 0.15) is 5.89 Å². The number of benzene rings is 1. The van der Waals surface area contributed by atoms with Crippen LogP contribution in [0.25, 0.3) is 11.1 Å². The summed E-state index contributed by atoms with van der Waals surface area (Å²) in [6.45, 7) is 3.45. The van der Waals surface area contributed by atoms with E-state index >= 15 is 0 Å². The van der Waals surface area contributed by atoms with Gasteiger partial charge in [-0.1, -0.05) is 6.07 Å². The van der Waals surface area contributed by atoms with Gasteiger partial charge in [0.15, 0.2) is 17.3 Å². The molecule has 0 unspecified atom stereocenters. The van der Waals surface area contributed by atoms with E-state index in [1.807, 2.05) is 0 Å². The highest BCUT2D eigenvalue weighted by atomic mass is 19.1. The van der Waals surface area contributed by atoms with Crippen molar-refractivity contribution in [1.29, 1.82) is 0 Å². The van der Waals surface area contributed by atoms with Crippen molar-refractivity contribution in [3.8, 4) is 0 Å². The van der Waals surface area contributed by atoms with Gasteiger partial charge in [-0.3, -0.25) is 0 Å². The topological polar surface area (TPSA) is 26.0 Å². The van der Waals surface area contributed by atoms with Gasteiger partial charge in [-0.15, -0.1) is 0 Å². The monoisotopic (exact) mass is 150 g/mol. The highest BCUT2D eigenvalue weighted by Gasteiger charge is 2.05. The number of para-hydroxylation sites is 1. The lowest BCUT2D eigenvalue weighted by Crippen LogP contribution is -1.72. The third-order valence-corrected chi connectivity index (χ3v) is 1.41. The average molecular weight is 150 g/mol. The second-order valence-electron chi connectivity index (χ2n) is 2.20. The van der Waals surface area contributed by atoms with Gasteiger partial charge in [0.2, 0.25) is 0 Å². The van der Waals surface area contributed by atoms with Crippen molar-refractivity contribution < 1.29 is 8.81 Å². The molecule has 0 spiro atoms. The summed E-state index contributed by atoms with van der Waals surface area (Å²) in [7, 11) is 0. The summed E-state index contributed by atoms with van der Waals surface area (Å²) in [6.07, 6.45) is 0. The summed E-state index contributed by atoms with van der Waals surface area (Å²) in [5, 5.41) is 0. The Balaban J connectivity index is 2.90. The molecule has 2 nitrogen and oxygen atoms in total. The molecular formula is C8H5FNO. The van der Waals surface area contributed by atoms with Gasteiger partial charge in [-0.2, -0.15) is 0 Å². The fourth-order valence-corrected chi connectivity index (χ4v) is 0.962. The number of fused-ring (bicyclic) bond motifs is 1. The minimum absolute atomic E-state index is 0.178. The number of hydrogen-bond donors (Lipinski definition) is 0. The molecule has 1 heterocycles. The Hall–Kier alpha value is -1.38. The molecule has 1 aromatic heterocycles. The molecule has 0 saturated heterocycles. The summed E-state index contributed by atoms with van der Waals surface area (Å²) in [4.78, 5) is 3.86. The van der Waals surface area contributed by atoms with Crippen molar-refractivity contribution in [2.24, 2.45) is 0 Å². The fraction of sp³-hybridized carbons (Fsp3) is 0. The number of oxazole rings is 1. The highest BCUT2D eigenvalue weighted by Crippen LogP contribution is 2.17. The van der Waals surface area contributed by atoms with E-state index in [0.29, 0.717) is 5.52 Å². The Labute approximate surface area is 62.7 Å². The predicted molar refractivity (Wildman–Crippen MR) is 38.4 cm³/mol. The fourth-order valence-electron chi connectivity index (χ4n) is 0.962. The molecule has 0 amide bonds. The lowest BCUT2D eigenvalue weighted by molar-refractivity contribution is 0.540. The lowest BCUT2D eigenvalue weighted by Gasteiger charge is -1.85. The second-order valence-corrected chi connectivity index (χ2v) is 2.20. The summed E-state index contributed by atoms with van der Waals surface area (Å²) in [5.41, 5.74) is 0.688. The van der Waals surface area contributed by atoms with Crippen LogP contribution in [-0.4, -0.2) is 4.98 Å². The van der Waals surface area contributed by atoms with Gasteiger partial charge in [-0.25, -0.2) is 9.37 Å². The first-order valence-electron chi connectivity index (χ1n) is 3.14. The van der Waals surface area contributed by atoms with Crippen LogP contribution in [0.5, 0.6) is 0 Å². The van der Waals surface area contributed by atoms with E-state index in [-0.39, 0.29) is 11.5 Å². The molecule has 2 aromatic rings. The van der Waals surface area contributed by atoms with Crippen LogP contribution in [0.4, 0.5) is 4.39 Å². The minimum Gasteiger partial charge on any atom is -0.438 e. The molecule has 0 aliphatic heterocycles. The van der Waals surface area contributed by atoms with E-state index < -0.39 is 5.82 Å². The van der Waals surface area contributed by atoms with Crippen LogP contribution < -0.4 is 0 Å². The van der Waals surface area contributed by atoms with Gasteiger partial charge < -0.3 is 4.42 Å². The standard InChI is InChI=1S/C8H5FNO/c1-5-10-7-4-2-3-6(9)8(7)11-5/h2-4H,1H2. The summed E-state index contributed by atoms with van der Waals surface area (Å²) in [6, 6.07) is 4.59. The number of hydrogen-bond acceptors (Lipinski definition) is 2. The van der Waals surface area contributed by atoms with E-state index in [4.69, 9.17) is 4.42 Å². The van der Waals surface area contributed by atoms with Crippen molar-refractivity contribution in [3.63, 3.8) is 0 Å². The Morgan fingerprint density at radius 2 is 2.27 bits per heavy atom. The highest BCUT2D eigenvalue weighted by molar-refractivity contribution is 5.73. The molecule has 0 saturated carbocycles. The third kappa shape index (κ3) is 0.888. The SMILES string of the molecule is [CH2]c1nc2cccc(F)c2o1. The summed E-state index contributed by atoms with van der Waals surface area (Å²) >= 11 is 0. The first-order valence-corrected chi connectivity index (χ1v) is 3.14. The molecule has 55 valence electrons. The quantitative estimate of drug-likeness (QED) is 0.575. The van der Waals surface area contributed by atoms with Gasteiger partial charge >= 0.3 is 0 Å². The van der Waals surface area contributed by atoms with E-state index in [1.54, 1.807) is 12.1 Å². The molecule has 0 atom stereocenters. The smallest absolute Gasteiger partial charge is 0.196 e. The zero-order chi connectivity index (χ0) is 7.84. The van der Waals surface area contributed by atoms with Crippen LogP contribution in [0.15, 0.2) is 22.6 Å². The van der Waals surface area contributed by atoms with Crippen LogP contribution in [0, 0.1) is 12.7 Å². The zero-order valence-electron chi connectivity index (χ0n) is 5.67. The summed E-state index contributed by atoms with van der Waals surface area (Å²) < 4.78 is 17.7. The van der Waals surface area contributed by atoms with Crippen LogP contribution in [0.3, 0.4) is 0 Å². The molecule has 0 bridgehead atoms.